The van der Waals surface area contributed by atoms with Gasteiger partial charge in [0.05, 0.1) is 24.9 Å². The molecule has 0 atom stereocenters. The number of carbonyl (C=O) groups is 1. The van der Waals surface area contributed by atoms with Crippen molar-refractivity contribution in [2.75, 3.05) is 37.6 Å². The van der Waals surface area contributed by atoms with Crippen LogP contribution in [0.1, 0.15) is 20.3 Å². The fraction of sp³-hybridized carbons (Fsp3) is 0.643. The number of aromatic nitrogens is 2. The molecule has 2 rings (SSSR count). The van der Waals surface area contributed by atoms with E-state index in [2.05, 4.69) is 19.8 Å². The second-order valence-corrected chi connectivity index (χ2v) is 5.35. The summed E-state index contributed by atoms with van der Waals surface area (Å²) in [5.74, 6) is 0.601. The van der Waals surface area contributed by atoms with Crippen molar-refractivity contribution in [2.24, 2.45) is 0 Å². The Bertz CT molecular complexity index is 473. The van der Waals surface area contributed by atoms with Gasteiger partial charge in [-0.2, -0.15) is 4.98 Å². The average Bonchev–Trinajstić information content (AvgIpc) is 2.45. The van der Waals surface area contributed by atoms with E-state index in [0.717, 1.165) is 32.0 Å². The second-order valence-electron chi connectivity index (χ2n) is 5.35. The Hall–Kier alpha value is -1.89. The molecule has 1 N–H and O–H groups in total. The molecule has 116 valence electrons. The van der Waals surface area contributed by atoms with Gasteiger partial charge >= 0.3 is 5.97 Å². The van der Waals surface area contributed by atoms with Crippen molar-refractivity contribution in [3.63, 3.8) is 0 Å². The number of carboxylic acids is 1. The minimum absolute atomic E-state index is 0.0717. The van der Waals surface area contributed by atoms with E-state index in [1.165, 1.54) is 0 Å². The molecule has 0 spiro atoms. The highest BCUT2D eigenvalue weighted by Crippen LogP contribution is 2.16. The summed E-state index contributed by atoms with van der Waals surface area (Å²) in [6.07, 6.45) is 3.62. The predicted molar refractivity (Wildman–Crippen MR) is 78.7 cm³/mol. The van der Waals surface area contributed by atoms with Gasteiger partial charge in [-0.1, -0.05) is 0 Å². The summed E-state index contributed by atoms with van der Waals surface area (Å²) in [5.41, 5.74) is 0. The molecule has 7 heteroatoms. The molecule has 21 heavy (non-hydrogen) atoms. The van der Waals surface area contributed by atoms with Crippen molar-refractivity contribution < 1.29 is 14.6 Å². The lowest BCUT2D eigenvalue weighted by molar-refractivity contribution is -0.137. The maximum atomic E-state index is 10.6. The molecular formula is C14H22N4O3. The van der Waals surface area contributed by atoms with Gasteiger partial charge < -0.3 is 14.7 Å². The van der Waals surface area contributed by atoms with Crippen molar-refractivity contribution in [2.45, 2.75) is 26.4 Å². The van der Waals surface area contributed by atoms with Crippen LogP contribution in [0.15, 0.2) is 12.4 Å². The van der Waals surface area contributed by atoms with Gasteiger partial charge in [0.15, 0.2) is 5.82 Å². The number of anilines is 1. The highest BCUT2D eigenvalue weighted by Gasteiger charge is 2.19. The van der Waals surface area contributed by atoms with Crippen LogP contribution in [0.25, 0.3) is 0 Å². The molecule has 0 bridgehead atoms. The lowest BCUT2D eigenvalue weighted by Crippen LogP contribution is -2.47. The van der Waals surface area contributed by atoms with Crippen LogP contribution in [0.3, 0.4) is 0 Å². The summed E-state index contributed by atoms with van der Waals surface area (Å²) >= 11 is 0. The lowest BCUT2D eigenvalue weighted by Gasteiger charge is -2.35. The number of rotatable bonds is 6. The van der Waals surface area contributed by atoms with Gasteiger partial charge in [0.1, 0.15) is 0 Å². The van der Waals surface area contributed by atoms with Gasteiger partial charge in [-0.15, -0.1) is 0 Å². The van der Waals surface area contributed by atoms with Gasteiger partial charge in [-0.25, -0.2) is 0 Å². The Morgan fingerprint density at radius 1 is 1.33 bits per heavy atom. The molecule has 1 aromatic rings. The first-order valence-electron chi connectivity index (χ1n) is 7.22. The standard InChI is InChI=1S/C14H22N4O3/c1-11(2)21-13-10-15-9-12(16-13)18-7-5-17(6-8-18)4-3-14(19)20/h9-11H,3-8H2,1-2H3,(H,19,20). The van der Waals surface area contributed by atoms with Crippen molar-refractivity contribution in [3.05, 3.63) is 12.4 Å². The summed E-state index contributed by atoms with van der Waals surface area (Å²) in [6.45, 7) is 7.82. The van der Waals surface area contributed by atoms with Gasteiger partial charge in [-0.05, 0) is 13.8 Å². The molecule has 1 saturated heterocycles. The third kappa shape index (κ3) is 4.86. The average molecular weight is 294 g/mol. The smallest absolute Gasteiger partial charge is 0.304 e. The van der Waals surface area contributed by atoms with Crippen LogP contribution in [0, 0.1) is 0 Å². The van der Waals surface area contributed by atoms with Gasteiger partial charge in [-0.3, -0.25) is 14.7 Å². The minimum Gasteiger partial charge on any atom is -0.481 e. The normalized spacial score (nSPS) is 16.2. The number of aliphatic carboxylic acids is 1. The molecule has 0 radical (unpaired) electrons. The molecule has 1 aliphatic rings. The quantitative estimate of drug-likeness (QED) is 0.833. The third-order valence-electron chi connectivity index (χ3n) is 3.29. The summed E-state index contributed by atoms with van der Waals surface area (Å²) in [5, 5.41) is 8.71. The van der Waals surface area contributed by atoms with Crippen LogP contribution >= 0.6 is 0 Å². The lowest BCUT2D eigenvalue weighted by atomic mass is 10.3. The first kappa shape index (κ1) is 15.5. The number of hydrogen-bond acceptors (Lipinski definition) is 6. The number of hydrogen-bond donors (Lipinski definition) is 1. The Morgan fingerprint density at radius 2 is 2.05 bits per heavy atom. The molecule has 0 amide bonds. The molecule has 7 nitrogen and oxygen atoms in total. The van der Waals surface area contributed by atoms with Crippen molar-refractivity contribution >= 4 is 11.8 Å². The monoisotopic (exact) mass is 294 g/mol. The van der Waals surface area contributed by atoms with Crippen LogP contribution in [0.4, 0.5) is 5.82 Å². The zero-order valence-electron chi connectivity index (χ0n) is 12.5. The fourth-order valence-electron chi connectivity index (χ4n) is 2.24. The number of carboxylic acid groups (broad SMARTS) is 1. The van der Waals surface area contributed by atoms with E-state index in [-0.39, 0.29) is 12.5 Å². The van der Waals surface area contributed by atoms with E-state index in [0.29, 0.717) is 12.4 Å². The van der Waals surface area contributed by atoms with Crippen LogP contribution in [0.2, 0.25) is 0 Å². The van der Waals surface area contributed by atoms with Crippen LogP contribution in [0.5, 0.6) is 5.88 Å². The fourth-order valence-corrected chi connectivity index (χ4v) is 2.24. The topological polar surface area (TPSA) is 78.8 Å². The molecule has 1 fully saturated rings. The Labute approximate surface area is 124 Å². The number of nitrogens with zero attached hydrogens (tertiary/aromatic N) is 4. The first-order valence-corrected chi connectivity index (χ1v) is 7.22. The third-order valence-corrected chi connectivity index (χ3v) is 3.29. The summed E-state index contributed by atoms with van der Waals surface area (Å²) in [4.78, 5) is 23.5. The Morgan fingerprint density at radius 3 is 2.67 bits per heavy atom. The van der Waals surface area contributed by atoms with Gasteiger partial charge in [0, 0.05) is 32.7 Å². The number of piperazine rings is 1. The van der Waals surface area contributed by atoms with Crippen molar-refractivity contribution in [1.29, 1.82) is 0 Å². The van der Waals surface area contributed by atoms with Gasteiger partial charge in [0.2, 0.25) is 5.88 Å². The maximum Gasteiger partial charge on any atom is 0.304 e. The van der Waals surface area contributed by atoms with Crippen molar-refractivity contribution in [3.8, 4) is 5.88 Å². The van der Waals surface area contributed by atoms with Crippen LogP contribution in [-0.2, 0) is 4.79 Å². The second kappa shape index (κ2) is 7.21. The summed E-state index contributed by atoms with van der Waals surface area (Å²) < 4.78 is 5.56. The zero-order chi connectivity index (χ0) is 15.2. The molecule has 1 aliphatic heterocycles. The Balaban J connectivity index is 1.88. The van der Waals surface area contributed by atoms with E-state index >= 15 is 0 Å². The molecule has 0 aromatic carbocycles. The maximum absolute atomic E-state index is 10.6. The SMILES string of the molecule is CC(C)Oc1cncc(N2CCN(CCC(=O)O)CC2)n1. The zero-order valence-corrected chi connectivity index (χ0v) is 12.5. The molecule has 0 saturated carbocycles. The molecule has 2 heterocycles. The predicted octanol–water partition coefficient (Wildman–Crippen LogP) is 0.860. The molecular weight excluding hydrogens is 272 g/mol. The first-order chi connectivity index (χ1) is 10.0. The van der Waals surface area contributed by atoms with Crippen molar-refractivity contribution in [1.82, 2.24) is 14.9 Å². The number of ether oxygens (including phenoxy) is 1. The van der Waals surface area contributed by atoms with E-state index in [4.69, 9.17) is 9.84 Å². The van der Waals surface area contributed by atoms with Gasteiger partial charge in [0.25, 0.3) is 0 Å². The van der Waals surface area contributed by atoms with E-state index < -0.39 is 5.97 Å². The molecule has 0 unspecified atom stereocenters. The van der Waals surface area contributed by atoms with E-state index in [1.807, 2.05) is 13.8 Å². The minimum atomic E-state index is -0.748. The largest absolute Gasteiger partial charge is 0.481 e. The summed E-state index contributed by atoms with van der Waals surface area (Å²) in [6, 6.07) is 0. The highest BCUT2D eigenvalue weighted by molar-refractivity contribution is 5.66. The van der Waals surface area contributed by atoms with Crippen LogP contribution < -0.4 is 9.64 Å². The molecule has 0 aliphatic carbocycles. The van der Waals surface area contributed by atoms with E-state index in [1.54, 1.807) is 12.4 Å². The Kier molecular flexibility index (Phi) is 5.32. The van der Waals surface area contributed by atoms with Crippen LogP contribution in [-0.4, -0.2) is 64.8 Å². The molecule has 1 aromatic heterocycles. The highest BCUT2D eigenvalue weighted by atomic mass is 16.5. The van der Waals surface area contributed by atoms with E-state index in [9.17, 15) is 4.79 Å². The summed E-state index contributed by atoms with van der Waals surface area (Å²) in [7, 11) is 0.